The monoisotopic (exact) mass is 261 g/mol. The van der Waals surface area contributed by atoms with Gasteiger partial charge in [0.2, 0.25) is 5.43 Å². The molecule has 2 rings (SSSR count). The van der Waals surface area contributed by atoms with Crippen molar-refractivity contribution in [2.45, 2.75) is 32.1 Å². The van der Waals surface area contributed by atoms with E-state index in [0.717, 1.165) is 25.7 Å². The second kappa shape index (κ2) is 6.36. The summed E-state index contributed by atoms with van der Waals surface area (Å²) < 4.78 is 4.89. The summed E-state index contributed by atoms with van der Waals surface area (Å²) in [6.07, 6.45) is 10.2. The number of ether oxygens (including phenoxy) is 1. The third kappa shape index (κ3) is 3.56. The first-order chi connectivity index (χ1) is 9.20. The zero-order valence-corrected chi connectivity index (χ0v) is 11.1. The molecule has 1 aromatic heterocycles. The number of allylic oxidation sites excluding steroid dienone is 1. The standard InChI is InChI=1S/C15H19NO3/c1-19-15-10-16-12(9-14(15)18)7-8-13(17)11-5-3-2-4-6-11/h7-11H,2-6H2,1H3,(H,16,18). The topological polar surface area (TPSA) is 59.2 Å². The van der Waals surface area contributed by atoms with Crippen molar-refractivity contribution in [3.8, 4) is 5.75 Å². The molecule has 0 atom stereocenters. The Morgan fingerprint density at radius 3 is 2.74 bits per heavy atom. The van der Waals surface area contributed by atoms with Gasteiger partial charge in [-0.05, 0) is 25.0 Å². The number of carbonyl (C=O) groups excluding carboxylic acids is 1. The van der Waals surface area contributed by atoms with Crippen LogP contribution in [0.25, 0.3) is 6.08 Å². The van der Waals surface area contributed by atoms with Gasteiger partial charge >= 0.3 is 0 Å². The molecule has 0 aliphatic heterocycles. The minimum absolute atomic E-state index is 0.162. The SMILES string of the molecule is COc1c[nH]c(C=CC(=O)C2CCCCC2)cc1=O. The van der Waals surface area contributed by atoms with Crippen LogP contribution in [-0.2, 0) is 4.79 Å². The van der Waals surface area contributed by atoms with Gasteiger partial charge in [0.15, 0.2) is 11.5 Å². The number of hydrogen-bond acceptors (Lipinski definition) is 3. The molecule has 1 aromatic rings. The molecular weight excluding hydrogens is 242 g/mol. The van der Waals surface area contributed by atoms with E-state index in [4.69, 9.17) is 4.74 Å². The normalized spacial score (nSPS) is 16.7. The third-order valence-corrected chi connectivity index (χ3v) is 3.55. The Balaban J connectivity index is 2.03. The van der Waals surface area contributed by atoms with E-state index in [1.165, 1.54) is 25.8 Å². The van der Waals surface area contributed by atoms with Crippen molar-refractivity contribution in [3.05, 3.63) is 34.3 Å². The number of aromatic amines is 1. The number of aromatic nitrogens is 1. The van der Waals surface area contributed by atoms with Crippen LogP contribution in [0.15, 0.2) is 23.1 Å². The Morgan fingerprint density at radius 2 is 2.11 bits per heavy atom. The molecular formula is C15H19NO3. The van der Waals surface area contributed by atoms with Crippen LogP contribution >= 0.6 is 0 Å². The molecule has 0 saturated heterocycles. The van der Waals surface area contributed by atoms with E-state index < -0.39 is 0 Å². The van der Waals surface area contributed by atoms with Gasteiger partial charge in [0.1, 0.15) is 0 Å². The smallest absolute Gasteiger partial charge is 0.223 e. The van der Waals surface area contributed by atoms with Gasteiger partial charge in [-0.15, -0.1) is 0 Å². The van der Waals surface area contributed by atoms with Crippen LogP contribution in [-0.4, -0.2) is 17.9 Å². The maximum Gasteiger partial charge on any atom is 0.223 e. The van der Waals surface area contributed by atoms with Crippen molar-refractivity contribution in [3.63, 3.8) is 0 Å². The summed E-state index contributed by atoms with van der Waals surface area (Å²) in [7, 11) is 1.45. The highest BCUT2D eigenvalue weighted by molar-refractivity contribution is 5.95. The lowest BCUT2D eigenvalue weighted by atomic mass is 9.86. The van der Waals surface area contributed by atoms with Crippen molar-refractivity contribution in [2.75, 3.05) is 7.11 Å². The van der Waals surface area contributed by atoms with Crippen molar-refractivity contribution in [1.82, 2.24) is 4.98 Å². The van der Waals surface area contributed by atoms with Crippen molar-refractivity contribution in [2.24, 2.45) is 5.92 Å². The Hall–Kier alpha value is -1.84. The van der Waals surface area contributed by atoms with Gasteiger partial charge in [0.05, 0.1) is 7.11 Å². The molecule has 0 spiro atoms. The molecule has 4 nitrogen and oxygen atoms in total. The lowest BCUT2D eigenvalue weighted by Gasteiger charge is -2.18. The largest absolute Gasteiger partial charge is 0.491 e. The van der Waals surface area contributed by atoms with Gasteiger partial charge in [-0.1, -0.05) is 19.3 Å². The van der Waals surface area contributed by atoms with Crippen LogP contribution < -0.4 is 10.2 Å². The fourth-order valence-electron chi connectivity index (χ4n) is 2.42. The van der Waals surface area contributed by atoms with Crippen LogP contribution in [0, 0.1) is 5.92 Å². The molecule has 1 aliphatic carbocycles. The fourth-order valence-corrected chi connectivity index (χ4v) is 2.42. The summed E-state index contributed by atoms with van der Waals surface area (Å²) in [4.78, 5) is 26.5. The van der Waals surface area contributed by atoms with Crippen molar-refractivity contribution in [1.29, 1.82) is 0 Å². The number of carbonyl (C=O) groups is 1. The van der Waals surface area contributed by atoms with Crippen LogP contribution in [0.4, 0.5) is 0 Å². The first-order valence-electron chi connectivity index (χ1n) is 6.69. The van der Waals surface area contributed by atoms with Crippen molar-refractivity contribution >= 4 is 11.9 Å². The summed E-state index contributed by atoms with van der Waals surface area (Å²) in [5.74, 6) is 0.599. The first-order valence-corrected chi connectivity index (χ1v) is 6.69. The first kappa shape index (κ1) is 13.6. The highest BCUT2D eigenvalue weighted by Gasteiger charge is 2.18. The molecule has 0 aromatic carbocycles. The van der Waals surface area contributed by atoms with Gasteiger partial charge in [0.25, 0.3) is 0 Å². The minimum atomic E-state index is -0.189. The summed E-state index contributed by atoms with van der Waals surface area (Å²) in [5, 5.41) is 0. The Bertz CT molecular complexity index is 524. The average Bonchev–Trinajstić information content (AvgIpc) is 2.46. The Morgan fingerprint density at radius 1 is 1.37 bits per heavy atom. The van der Waals surface area contributed by atoms with E-state index in [0.29, 0.717) is 5.69 Å². The van der Waals surface area contributed by atoms with Crippen LogP contribution in [0.5, 0.6) is 5.75 Å². The fraction of sp³-hybridized carbons (Fsp3) is 0.467. The van der Waals surface area contributed by atoms with Gasteiger partial charge in [-0.25, -0.2) is 0 Å². The number of ketones is 1. The Labute approximate surface area is 112 Å². The number of methoxy groups -OCH3 is 1. The minimum Gasteiger partial charge on any atom is -0.491 e. The van der Waals surface area contributed by atoms with Crippen LogP contribution in [0.2, 0.25) is 0 Å². The van der Waals surface area contributed by atoms with E-state index in [1.807, 2.05) is 0 Å². The Kier molecular flexibility index (Phi) is 4.55. The quantitative estimate of drug-likeness (QED) is 0.847. The summed E-state index contributed by atoms with van der Waals surface area (Å²) >= 11 is 0. The highest BCUT2D eigenvalue weighted by Crippen LogP contribution is 2.24. The van der Waals surface area contributed by atoms with Crippen molar-refractivity contribution < 1.29 is 9.53 Å². The van der Waals surface area contributed by atoms with Gasteiger partial charge in [0, 0.05) is 23.9 Å². The molecule has 0 bridgehead atoms. The number of rotatable bonds is 4. The molecule has 0 unspecified atom stereocenters. The molecule has 1 fully saturated rings. The molecule has 0 amide bonds. The van der Waals surface area contributed by atoms with Crippen LogP contribution in [0.3, 0.4) is 0 Å². The lowest BCUT2D eigenvalue weighted by Crippen LogP contribution is -2.15. The maximum atomic E-state index is 12.0. The summed E-state index contributed by atoms with van der Waals surface area (Å²) in [6, 6.07) is 1.43. The van der Waals surface area contributed by atoms with E-state index >= 15 is 0 Å². The second-order valence-corrected chi connectivity index (χ2v) is 4.89. The third-order valence-electron chi connectivity index (χ3n) is 3.55. The predicted molar refractivity (Wildman–Crippen MR) is 74.2 cm³/mol. The second-order valence-electron chi connectivity index (χ2n) is 4.89. The molecule has 102 valence electrons. The summed E-state index contributed by atoms with van der Waals surface area (Å²) in [5.41, 5.74) is 0.431. The van der Waals surface area contributed by atoms with Crippen LogP contribution in [0.1, 0.15) is 37.8 Å². The molecule has 1 aliphatic rings. The zero-order chi connectivity index (χ0) is 13.7. The van der Waals surface area contributed by atoms with E-state index in [9.17, 15) is 9.59 Å². The number of pyridine rings is 1. The van der Waals surface area contributed by atoms with Gasteiger partial charge in [-0.2, -0.15) is 0 Å². The number of H-pyrrole nitrogens is 1. The molecule has 19 heavy (non-hydrogen) atoms. The molecule has 4 heteroatoms. The number of nitrogens with one attached hydrogen (secondary N) is 1. The number of hydrogen-bond donors (Lipinski definition) is 1. The average molecular weight is 261 g/mol. The predicted octanol–water partition coefficient (Wildman–Crippen LogP) is 2.55. The maximum absolute atomic E-state index is 12.0. The zero-order valence-electron chi connectivity index (χ0n) is 11.1. The molecule has 0 radical (unpaired) electrons. The molecule has 1 N–H and O–H groups in total. The highest BCUT2D eigenvalue weighted by atomic mass is 16.5. The molecule has 1 heterocycles. The summed E-state index contributed by atoms with van der Waals surface area (Å²) in [6.45, 7) is 0. The molecule has 1 saturated carbocycles. The van der Waals surface area contributed by atoms with Gasteiger partial charge < -0.3 is 9.72 Å². The van der Waals surface area contributed by atoms with E-state index in [2.05, 4.69) is 4.98 Å². The van der Waals surface area contributed by atoms with Gasteiger partial charge in [-0.3, -0.25) is 9.59 Å². The lowest BCUT2D eigenvalue weighted by molar-refractivity contribution is -0.119. The van der Waals surface area contributed by atoms with E-state index in [-0.39, 0.29) is 22.9 Å². The van der Waals surface area contributed by atoms with E-state index in [1.54, 1.807) is 12.2 Å².